The van der Waals surface area contributed by atoms with E-state index in [9.17, 15) is 14.4 Å². The zero-order valence-electron chi connectivity index (χ0n) is 23.7. The average Bonchev–Trinajstić information content (AvgIpc) is 2.96. The fourth-order valence-electron chi connectivity index (χ4n) is 3.99. The largest absolute Gasteiger partial charge is 0.489 e. The first-order valence-corrected chi connectivity index (χ1v) is 13.7. The van der Waals surface area contributed by atoms with Crippen molar-refractivity contribution in [2.45, 2.75) is 53.2 Å². The second-order valence-electron chi connectivity index (χ2n) is 9.89. The van der Waals surface area contributed by atoms with Crippen LogP contribution in [0.2, 0.25) is 0 Å². The number of aryl methyl sites for hydroxylation is 1. The Balaban J connectivity index is 1.43. The van der Waals surface area contributed by atoms with Crippen molar-refractivity contribution in [3.8, 4) is 5.75 Å². The van der Waals surface area contributed by atoms with Gasteiger partial charge in [-0.3, -0.25) is 14.4 Å². The molecule has 0 unspecified atom stereocenters. The Bertz CT molecular complexity index is 1300. The van der Waals surface area contributed by atoms with Crippen molar-refractivity contribution in [2.75, 3.05) is 11.9 Å². The second kappa shape index (κ2) is 15.3. The van der Waals surface area contributed by atoms with Crippen molar-refractivity contribution in [3.63, 3.8) is 0 Å². The lowest BCUT2D eigenvalue weighted by Gasteiger charge is -2.24. The van der Waals surface area contributed by atoms with Gasteiger partial charge in [-0.2, -0.15) is 0 Å². The van der Waals surface area contributed by atoms with Crippen LogP contribution in [0.25, 0.3) is 6.08 Å². The van der Waals surface area contributed by atoms with E-state index >= 15 is 0 Å². The first-order chi connectivity index (χ1) is 19.3. The zero-order valence-corrected chi connectivity index (χ0v) is 23.7. The third-order valence-electron chi connectivity index (χ3n) is 6.88. The number of rotatable bonds is 13. The van der Waals surface area contributed by atoms with Crippen LogP contribution in [0.4, 0.5) is 5.69 Å². The SMILES string of the molecule is CC[C@H](C)[C@H](NC(=O)CCNC(=O)/C=C/c1ccc(OCc2ccccc2)cc1)C(=O)Nc1cccc(C)c1C. The van der Waals surface area contributed by atoms with Gasteiger partial charge in [0.2, 0.25) is 17.7 Å². The van der Waals surface area contributed by atoms with Gasteiger partial charge >= 0.3 is 0 Å². The molecule has 0 aliphatic heterocycles. The van der Waals surface area contributed by atoms with Gasteiger partial charge in [-0.25, -0.2) is 0 Å². The van der Waals surface area contributed by atoms with Gasteiger partial charge in [-0.05, 0) is 66.3 Å². The lowest BCUT2D eigenvalue weighted by molar-refractivity contribution is -0.127. The summed E-state index contributed by atoms with van der Waals surface area (Å²) in [6, 6.07) is 22.4. The van der Waals surface area contributed by atoms with Gasteiger partial charge in [-0.15, -0.1) is 0 Å². The van der Waals surface area contributed by atoms with Crippen molar-refractivity contribution < 1.29 is 19.1 Å². The Morgan fingerprint density at radius 3 is 2.35 bits per heavy atom. The van der Waals surface area contributed by atoms with Gasteiger partial charge in [0.1, 0.15) is 18.4 Å². The monoisotopic (exact) mass is 541 g/mol. The molecule has 0 bridgehead atoms. The number of nitrogens with one attached hydrogen (secondary N) is 3. The molecule has 3 N–H and O–H groups in total. The predicted molar refractivity (Wildman–Crippen MR) is 160 cm³/mol. The zero-order chi connectivity index (χ0) is 28.9. The van der Waals surface area contributed by atoms with Gasteiger partial charge in [0.25, 0.3) is 0 Å². The van der Waals surface area contributed by atoms with Gasteiger partial charge in [-0.1, -0.05) is 74.9 Å². The molecule has 0 aromatic heterocycles. The highest BCUT2D eigenvalue weighted by molar-refractivity contribution is 5.98. The summed E-state index contributed by atoms with van der Waals surface area (Å²) in [6.07, 6.45) is 3.92. The molecule has 3 aromatic rings. The lowest BCUT2D eigenvalue weighted by atomic mass is 9.97. The number of benzene rings is 3. The van der Waals surface area contributed by atoms with E-state index in [0.717, 1.165) is 40.1 Å². The van der Waals surface area contributed by atoms with Gasteiger partial charge in [0.05, 0.1) is 0 Å². The maximum absolute atomic E-state index is 13.0. The maximum atomic E-state index is 13.0. The molecule has 7 nitrogen and oxygen atoms in total. The van der Waals surface area contributed by atoms with Crippen LogP contribution in [-0.2, 0) is 21.0 Å². The topological polar surface area (TPSA) is 96.5 Å². The van der Waals surface area contributed by atoms with E-state index in [4.69, 9.17) is 4.74 Å². The van der Waals surface area contributed by atoms with Crippen molar-refractivity contribution in [2.24, 2.45) is 5.92 Å². The van der Waals surface area contributed by atoms with Crippen LogP contribution in [0.5, 0.6) is 5.75 Å². The van der Waals surface area contributed by atoms with E-state index < -0.39 is 6.04 Å². The fourth-order valence-corrected chi connectivity index (χ4v) is 3.99. The number of amides is 3. The molecule has 7 heteroatoms. The molecule has 3 aromatic carbocycles. The summed E-state index contributed by atoms with van der Waals surface area (Å²) in [6.45, 7) is 8.50. The third-order valence-corrected chi connectivity index (χ3v) is 6.88. The Kier molecular flexibility index (Phi) is 11.5. The Morgan fingerprint density at radius 1 is 0.925 bits per heavy atom. The minimum Gasteiger partial charge on any atom is -0.489 e. The number of ether oxygens (including phenoxy) is 1. The van der Waals surface area contributed by atoms with Crippen LogP contribution in [0, 0.1) is 19.8 Å². The van der Waals surface area contributed by atoms with E-state index in [-0.39, 0.29) is 36.6 Å². The summed E-state index contributed by atoms with van der Waals surface area (Å²) in [4.78, 5) is 37.9. The molecule has 0 radical (unpaired) electrons. The normalized spacial score (nSPS) is 12.4. The first kappa shape index (κ1) is 30.2. The number of carbonyl (C=O) groups is 3. The number of hydrogen-bond donors (Lipinski definition) is 3. The van der Waals surface area contributed by atoms with Crippen LogP contribution in [0.3, 0.4) is 0 Å². The highest BCUT2D eigenvalue weighted by Crippen LogP contribution is 2.20. The summed E-state index contributed by atoms with van der Waals surface area (Å²) in [5.41, 5.74) is 4.75. The highest BCUT2D eigenvalue weighted by Gasteiger charge is 2.26. The number of anilines is 1. The summed E-state index contributed by atoms with van der Waals surface area (Å²) in [5, 5.41) is 8.52. The van der Waals surface area contributed by atoms with Gasteiger partial charge < -0.3 is 20.7 Å². The molecule has 0 heterocycles. The molecular weight excluding hydrogens is 502 g/mol. The standard InChI is InChI=1S/C33H39N3O4/c1-5-23(2)32(33(39)35-29-13-9-10-24(3)25(29)4)36-31(38)20-21-34-30(37)19-16-26-14-17-28(18-15-26)40-22-27-11-7-6-8-12-27/h6-19,23,32H,5,20-22H2,1-4H3,(H,34,37)(H,35,39)(H,36,38)/b19-16+/t23-,32-/m0/s1. The van der Waals surface area contributed by atoms with Crippen LogP contribution in [-0.4, -0.2) is 30.3 Å². The molecule has 210 valence electrons. The molecule has 0 saturated heterocycles. The minimum absolute atomic E-state index is 0.0540. The van der Waals surface area contributed by atoms with E-state index in [1.807, 2.05) is 100 Å². The van der Waals surface area contributed by atoms with Crippen LogP contribution in [0.15, 0.2) is 78.9 Å². The van der Waals surface area contributed by atoms with E-state index in [0.29, 0.717) is 6.61 Å². The van der Waals surface area contributed by atoms with Crippen molar-refractivity contribution in [1.29, 1.82) is 0 Å². The first-order valence-electron chi connectivity index (χ1n) is 13.7. The molecule has 0 fully saturated rings. The maximum Gasteiger partial charge on any atom is 0.247 e. The molecular formula is C33H39N3O4. The highest BCUT2D eigenvalue weighted by atomic mass is 16.5. The molecule has 0 spiro atoms. The number of hydrogen-bond acceptors (Lipinski definition) is 4. The second-order valence-corrected chi connectivity index (χ2v) is 9.89. The summed E-state index contributed by atoms with van der Waals surface area (Å²) in [5.74, 6) is -0.156. The Morgan fingerprint density at radius 2 is 1.65 bits per heavy atom. The summed E-state index contributed by atoms with van der Waals surface area (Å²) in [7, 11) is 0. The van der Waals surface area contributed by atoms with Crippen molar-refractivity contribution in [3.05, 3.63) is 101 Å². The molecule has 0 saturated carbocycles. The van der Waals surface area contributed by atoms with Gasteiger partial charge in [0, 0.05) is 24.7 Å². The van der Waals surface area contributed by atoms with E-state index in [2.05, 4.69) is 16.0 Å². The average molecular weight is 542 g/mol. The van der Waals surface area contributed by atoms with Crippen LogP contribution < -0.4 is 20.7 Å². The molecule has 3 amide bonds. The molecule has 40 heavy (non-hydrogen) atoms. The molecule has 3 rings (SSSR count). The number of carbonyl (C=O) groups excluding carboxylic acids is 3. The molecule has 0 aliphatic carbocycles. The Labute approximate surface area is 237 Å². The lowest BCUT2D eigenvalue weighted by Crippen LogP contribution is -2.48. The smallest absolute Gasteiger partial charge is 0.247 e. The molecule has 2 atom stereocenters. The predicted octanol–water partition coefficient (Wildman–Crippen LogP) is 5.57. The van der Waals surface area contributed by atoms with Crippen LogP contribution in [0.1, 0.15) is 48.9 Å². The van der Waals surface area contributed by atoms with E-state index in [1.54, 1.807) is 6.08 Å². The van der Waals surface area contributed by atoms with Gasteiger partial charge in [0.15, 0.2) is 0 Å². The third kappa shape index (κ3) is 9.42. The minimum atomic E-state index is -0.673. The quantitative estimate of drug-likeness (QED) is 0.247. The van der Waals surface area contributed by atoms with Crippen LogP contribution >= 0.6 is 0 Å². The summed E-state index contributed by atoms with van der Waals surface area (Å²) >= 11 is 0. The fraction of sp³-hybridized carbons (Fsp3) is 0.303. The van der Waals surface area contributed by atoms with Crippen molar-refractivity contribution >= 4 is 29.5 Å². The Hall–Kier alpha value is -4.39. The summed E-state index contributed by atoms with van der Waals surface area (Å²) < 4.78 is 5.79. The van der Waals surface area contributed by atoms with Crippen molar-refractivity contribution in [1.82, 2.24) is 10.6 Å². The molecule has 0 aliphatic rings. The van der Waals surface area contributed by atoms with E-state index in [1.165, 1.54) is 6.08 Å².